The molecular formula is C11H9ClN4O2. The fourth-order valence-corrected chi connectivity index (χ4v) is 1.87. The first kappa shape index (κ1) is 12.3. The van der Waals surface area contributed by atoms with E-state index in [1.54, 1.807) is 37.6 Å². The minimum atomic E-state index is -0.527. The maximum Gasteiger partial charge on any atom is 0.311 e. The summed E-state index contributed by atoms with van der Waals surface area (Å²) in [6, 6.07) is 4.89. The standard InChI is InChI=1S/C11H9ClN4O2/c1-13-8-4-3-7(9(12)10(8)16(17)18)11-14-5-2-6-15-11/h2-6,13H,1H3. The van der Waals surface area contributed by atoms with Gasteiger partial charge in [0.2, 0.25) is 0 Å². The van der Waals surface area contributed by atoms with Gasteiger partial charge in [-0.15, -0.1) is 0 Å². The summed E-state index contributed by atoms with van der Waals surface area (Å²) in [4.78, 5) is 18.6. The molecule has 0 aliphatic heterocycles. The van der Waals surface area contributed by atoms with Crippen molar-refractivity contribution in [2.75, 3.05) is 12.4 Å². The van der Waals surface area contributed by atoms with Gasteiger partial charge in [0.1, 0.15) is 10.7 Å². The van der Waals surface area contributed by atoms with E-state index in [4.69, 9.17) is 11.6 Å². The van der Waals surface area contributed by atoms with Crippen LogP contribution in [0.1, 0.15) is 0 Å². The Kier molecular flexibility index (Phi) is 3.38. The molecule has 7 heteroatoms. The summed E-state index contributed by atoms with van der Waals surface area (Å²) in [7, 11) is 1.59. The van der Waals surface area contributed by atoms with Crippen LogP contribution in [0.25, 0.3) is 11.4 Å². The molecule has 1 heterocycles. The zero-order valence-electron chi connectivity index (χ0n) is 9.42. The number of nitrogens with one attached hydrogen (secondary N) is 1. The second-order valence-corrected chi connectivity index (χ2v) is 3.78. The molecule has 0 fully saturated rings. The zero-order chi connectivity index (χ0) is 13.1. The van der Waals surface area contributed by atoms with E-state index in [0.717, 1.165) is 0 Å². The van der Waals surface area contributed by atoms with E-state index in [2.05, 4.69) is 15.3 Å². The molecule has 0 saturated heterocycles. The van der Waals surface area contributed by atoms with E-state index >= 15 is 0 Å². The van der Waals surface area contributed by atoms with Crippen molar-refractivity contribution < 1.29 is 4.92 Å². The second-order valence-electron chi connectivity index (χ2n) is 3.40. The van der Waals surface area contributed by atoms with Crippen molar-refractivity contribution in [1.82, 2.24) is 9.97 Å². The van der Waals surface area contributed by atoms with Crippen molar-refractivity contribution in [2.24, 2.45) is 0 Å². The number of halogens is 1. The number of nitro benzene ring substituents is 1. The summed E-state index contributed by atoms with van der Waals surface area (Å²) in [5.74, 6) is 0.355. The second kappa shape index (κ2) is 4.97. The molecule has 0 unspecified atom stereocenters. The van der Waals surface area contributed by atoms with Gasteiger partial charge in [-0.25, -0.2) is 9.97 Å². The molecule has 1 aromatic heterocycles. The molecule has 2 aromatic rings. The van der Waals surface area contributed by atoms with Crippen LogP contribution < -0.4 is 5.32 Å². The Labute approximate surface area is 108 Å². The molecule has 0 atom stereocenters. The lowest BCUT2D eigenvalue weighted by molar-refractivity contribution is -0.383. The first-order valence-corrected chi connectivity index (χ1v) is 5.45. The van der Waals surface area contributed by atoms with Crippen molar-refractivity contribution in [2.45, 2.75) is 0 Å². The van der Waals surface area contributed by atoms with E-state index in [1.165, 1.54) is 0 Å². The number of nitro groups is 1. The molecule has 0 aliphatic rings. The van der Waals surface area contributed by atoms with Crippen molar-refractivity contribution in [3.05, 3.63) is 45.7 Å². The Balaban J connectivity index is 2.65. The highest BCUT2D eigenvalue weighted by Gasteiger charge is 2.22. The van der Waals surface area contributed by atoms with Gasteiger partial charge in [0.05, 0.1) is 4.92 Å². The molecule has 6 nitrogen and oxygen atoms in total. The van der Waals surface area contributed by atoms with Crippen LogP contribution in [0, 0.1) is 10.1 Å². The van der Waals surface area contributed by atoms with Gasteiger partial charge in [0.15, 0.2) is 5.82 Å². The van der Waals surface area contributed by atoms with Gasteiger partial charge in [-0.2, -0.15) is 0 Å². The van der Waals surface area contributed by atoms with Gasteiger partial charge in [0, 0.05) is 25.0 Å². The lowest BCUT2D eigenvalue weighted by Crippen LogP contribution is -1.99. The number of nitrogens with zero attached hydrogens (tertiary/aromatic N) is 3. The Morgan fingerprint density at radius 2 is 2.00 bits per heavy atom. The van der Waals surface area contributed by atoms with Gasteiger partial charge < -0.3 is 5.32 Å². The van der Waals surface area contributed by atoms with Crippen molar-refractivity contribution >= 4 is 23.0 Å². The number of anilines is 1. The molecule has 92 valence electrons. The van der Waals surface area contributed by atoms with Crippen LogP contribution in [0.5, 0.6) is 0 Å². The minimum absolute atomic E-state index is 0.0260. The summed E-state index contributed by atoms with van der Waals surface area (Å²) in [6.07, 6.45) is 3.10. The van der Waals surface area contributed by atoms with Gasteiger partial charge >= 0.3 is 5.69 Å². The van der Waals surface area contributed by atoms with Crippen LogP contribution in [-0.4, -0.2) is 21.9 Å². The van der Waals surface area contributed by atoms with Gasteiger partial charge in [-0.3, -0.25) is 10.1 Å². The number of rotatable bonds is 3. The van der Waals surface area contributed by atoms with E-state index in [1.807, 2.05) is 0 Å². The Morgan fingerprint density at radius 3 is 2.56 bits per heavy atom. The van der Waals surface area contributed by atoms with Crippen molar-refractivity contribution in [1.29, 1.82) is 0 Å². The molecule has 0 saturated carbocycles. The van der Waals surface area contributed by atoms with Crippen LogP contribution >= 0.6 is 11.6 Å². The molecule has 1 N–H and O–H groups in total. The largest absolute Gasteiger partial charge is 0.383 e. The number of aromatic nitrogens is 2. The monoisotopic (exact) mass is 264 g/mol. The Morgan fingerprint density at radius 1 is 1.33 bits per heavy atom. The van der Waals surface area contributed by atoms with Crippen LogP contribution in [0.2, 0.25) is 5.02 Å². The highest BCUT2D eigenvalue weighted by Crippen LogP contribution is 2.38. The van der Waals surface area contributed by atoms with Gasteiger partial charge in [-0.1, -0.05) is 11.6 Å². The smallest absolute Gasteiger partial charge is 0.311 e. The molecule has 1 aromatic carbocycles. The number of hydrogen-bond donors (Lipinski definition) is 1. The lowest BCUT2D eigenvalue weighted by Gasteiger charge is -2.07. The molecule has 0 aliphatic carbocycles. The van der Waals surface area contributed by atoms with Gasteiger partial charge in [-0.05, 0) is 18.2 Å². The highest BCUT2D eigenvalue weighted by molar-refractivity contribution is 6.36. The van der Waals surface area contributed by atoms with Crippen LogP contribution in [0.3, 0.4) is 0 Å². The van der Waals surface area contributed by atoms with E-state index in [0.29, 0.717) is 17.1 Å². The molecular weight excluding hydrogens is 256 g/mol. The first-order chi connectivity index (χ1) is 8.65. The van der Waals surface area contributed by atoms with E-state index in [-0.39, 0.29) is 10.7 Å². The number of benzene rings is 1. The normalized spacial score (nSPS) is 10.1. The fourth-order valence-electron chi connectivity index (χ4n) is 1.56. The summed E-state index contributed by atoms with van der Waals surface area (Å²) < 4.78 is 0. The van der Waals surface area contributed by atoms with Crippen molar-refractivity contribution in [3.8, 4) is 11.4 Å². The summed E-state index contributed by atoms with van der Waals surface area (Å²) in [6.45, 7) is 0. The third-order valence-corrected chi connectivity index (χ3v) is 2.76. The third kappa shape index (κ3) is 2.10. The molecule has 2 rings (SSSR count). The number of hydrogen-bond acceptors (Lipinski definition) is 5. The van der Waals surface area contributed by atoms with Crippen LogP contribution in [0.4, 0.5) is 11.4 Å². The summed E-state index contributed by atoms with van der Waals surface area (Å²) in [5.41, 5.74) is 0.608. The predicted octanol–water partition coefficient (Wildman–Crippen LogP) is 2.75. The highest BCUT2D eigenvalue weighted by atomic mass is 35.5. The molecule has 0 amide bonds. The Bertz CT molecular complexity index is 589. The molecule has 0 bridgehead atoms. The first-order valence-electron chi connectivity index (χ1n) is 5.07. The molecule has 0 spiro atoms. The SMILES string of the molecule is CNc1ccc(-c2ncccn2)c(Cl)c1[N+](=O)[O-]. The average molecular weight is 265 g/mol. The van der Waals surface area contributed by atoms with Gasteiger partial charge in [0.25, 0.3) is 0 Å². The minimum Gasteiger partial charge on any atom is -0.383 e. The lowest BCUT2D eigenvalue weighted by atomic mass is 10.1. The van der Waals surface area contributed by atoms with Crippen LogP contribution in [-0.2, 0) is 0 Å². The molecule has 0 radical (unpaired) electrons. The van der Waals surface area contributed by atoms with E-state index in [9.17, 15) is 10.1 Å². The zero-order valence-corrected chi connectivity index (χ0v) is 10.2. The van der Waals surface area contributed by atoms with E-state index < -0.39 is 4.92 Å². The molecule has 18 heavy (non-hydrogen) atoms. The summed E-state index contributed by atoms with van der Waals surface area (Å²) in [5, 5.41) is 13.8. The predicted molar refractivity (Wildman–Crippen MR) is 68.7 cm³/mol. The maximum atomic E-state index is 11.0. The van der Waals surface area contributed by atoms with Crippen molar-refractivity contribution in [3.63, 3.8) is 0 Å². The average Bonchev–Trinajstić information content (AvgIpc) is 2.38. The Hall–Kier alpha value is -2.21. The quantitative estimate of drug-likeness (QED) is 0.681. The summed E-state index contributed by atoms with van der Waals surface area (Å²) >= 11 is 6.06. The van der Waals surface area contributed by atoms with Crippen LogP contribution in [0.15, 0.2) is 30.6 Å². The third-order valence-electron chi connectivity index (χ3n) is 2.37. The maximum absolute atomic E-state index is 11.0. The topological polar surface area (TPSA) is 81.0 Å². The fraction of sp³-hybridized carbons (Fsp3) is 0.0909.